The van der Waals surface area contributed by atoms with Gasteiger partial charge in [-0.3, -0.25) is 4.79 Å². The van der Waals surface area contributed by atoms with E-state index in [0.29, 0.717) is 27.9 Å². The molecule has 0 aliphatic heterocycles. The number of nitrogens with two attached hydrogens (primary N) is 1. The summed E-state index contributed by atoms with van der Waals surface area (Å²) in [5.41, 5.74) is 6.16. The van der Waals surface area contributed by atoms with Gasteiger partial charge in [-0.25, -0.2) is 15.0 Å². The molecule has 0 saturated heterocycles. The zero-order chi connectivity index (χ0) is 16.2. The molecule has 1 amide bonds. The quantitative estimate of drug-likeness (QED) is 0.830. The van der Waals surface area contributed by atoms with Gasteiger partial charge in [-0.05, 0) is 25.8 Å². The summed E-state index contributed by atoms with van der Waals surface area (Å²) in [4.78, 5) is 25.9. The second-order valence-electron chi connectivity index (χ2n) is 5.15. The molecule has 2 aromatic heterocycles. The van der Waals surface area contributed by atoms with Gasteiger partial charge < -0.3 is 11.1 Å². The minimum atomic E-state index is -0.364. The molecule has 0 aromatic carbocycles. The summed E-state index contributed by atoms with van der Waals surface area (Å²) < 4.78 is 0. The number of rotatable bonds is 6. The Morgan fingerprint density at radius 3 is 2.43 bits per heavy atom. The third kappa shape index (κ3) is 4.25. The molecule has 0 saturated carbocycles. The number of amides is 1. The highest BCUT2D eigenvalue weighted by Crippen LogP contribution is 2.26. The van der Waals surface area contributed by atoms with Crippen molar-refractivity contribution in [3.63, 3.8) is 0 Å². The van der Waals surface area contributed by atoms with Crippen molar-refractivity contribution in [2.75, 3.05) is 6.54 Å². The van der Waals surface area contributed by atoms with Gasteiger partial charge in [-0.1, -0.05) is 13.8 Å². The second kappa shape index (κ2) is 8.33. The Hall–Kier alpha value is -1.57. The van der Waals surface area contributed by atoms with Crippen LogP contribution in [0.15, 0.2) is 18.5 Å². The number of carbonyl (C=O) groups excluding carboxylic acids is 1. The van der Waals surface area contributed by atoms with Gasteiger partial charge in [0.25, 0.3) is 5.91 Å². The molecule has 0 radical (unpaired) electrons. The van der Waals surface area contributed by atoms with E-state index in [4.69, 9.17) is 5.73 Å². The molecule has 0 unspecified atom stereocenters. The number of nitrogens with zero attached hydrogens (tertiary/aromatic N) is 3. The highest BCUT2D eigenvalue weighted by atomic mass is 35.5. The van der Waals surface area contributed by atoms with Gasteiger partial charge >= 0.3 is 0 Å². The van der Waals surface area contributed by atoms with Crippen LogP contribution in [0.1, 0.15) is 42.1 Å². The third-order valence-corrected chi connectivity index (χ3v) is 5.04. The fraction of sp³-hybridized carbons (Fsp3) is 0.467. The number of thiazole rings is 1. The van der Waals surface area contributed by atoms with Crippen LogP contribution in [0.2, 0.25) is 0 Å². The predicted octanol–water partition coefficient (Wildman–Crippen LogP) is 2.58. The van der Waals surface area contributed by atoms with E-state index in [2.05, 4.69) is 20.3 Å². The van der Waals surface area contributed by atoms with Gasteiger partial charge in [0, 0.05) is 18.9 Å². The normalized spacial score (nSPS) is 11.0. The van der Waals surface area contributed by atoms with Crippen LogP contribution in [0.25, 0.3) is 10.8 Å². The average Bonchev–Trinajstić information content (AvgIpc) is 2.95. The lowest BCUT2D eigenvalue weighted by Crippen LogP contribution is -2.52. The molecule has 0 atom stereocenters. The molecule has 2 heterocycles. The van der Waals surface area contributed by atoms with Crippen molar-refractivity contribution >= 4 is 29.7 Å². The molecule has 0 bridgehead atoms. The lowest BCUT2D eigenvalue weighted by Gasteiger charge is -2.31. The van der Waals surface area contributed by atoms with Gasteiger partial charge in [-0.15, -0.1) is 23.7 Å². The van der Waals surface area contributed by atoms with E-state index >= 15 is 0 Å². The van der Waals surface area contributed by atoms with E-state index in [9.17, 15) is 4.79 Å². The van der Waals surface area contributed by atoms with E-state index in [1.807, 2.05) is 20.8 Å². The number of carbonyl (C=O) groups is 1. The van der Waals surface area contributed by atoms with E-state index in [0.717, 1.165) is 12.8 Å². The third-order valence-electron chi connectivity index (χ3n) is 3.88. The first-order chi connectivity index (χ1) is 10.5. The van der Waals surface area contributed by atoms with Crippen LogP contribution in [-0.2, 0) is 0 Å². The Morgan fingerprint density at radius 2 is 1.91 bits per heavy atom. The van der Waals surface area contributed by atoms with Crippen LogP contribution in [0.4, 0.5) is 0 Å². The number of hydrogen-bond donors (Lipinski definition) is 2. The summed E-state index contributed by atoms with van der Waals surface area (Å²) in [6.07, 6.45) is 4.90. The van der Waals surface area contributed by atoms with Gasteiger partial charge in [0.2, 0.25) is 0 Å². The summed E-state index contributed by atoms with van der Waals surface area (Å²) in [7, 11) is 0. The maximum absolute atomic E-state index is 12.6. The summed E-state index contributed by atoms with van der Waals surface area (Å²) in [6, 6.07) is 1.75. The molecular formula is C15H22ClN5OS. The Morgan fingerprint density at radius 1 is 1.30 bits per heavy atom. The molecule has 0 aliphatic rings. The first kappa shape index (κ1) is 19.5. The topological polar surface area (TPSA) is 93.8 Å². The fourth-order valence-corrected chi connectivity index (χ4v) is 3.09. The highest BCUT2D eigenvalue weighted by molar-refractivity contribution is 7.17. The highest BCUT2D eigenvalue weighted by Gasteiger charge is 2.28. The van der Waals surface area contributed by atoms with E-state index in [1.54, 1.807) is 18.5 Å². The number of aromatic nitrogens is 3. The number of aryl methyl sites for hydroxylation is 1. The van der Waals surface area contributed by atoms with Crippen molar-refractivity contribution < 1.29 is 4.79 Å². The predicted molar refractivity (Wildman–Crippen MR) is 95.0 cm³/mol. The summed E-state index contributed by atoms with van der Waals surface area (Å²) in [6.45, 7) is 6.29. The smallest absolute Gasteiger partial charge is 0.263 e. The first-order valence-corrected chi connectivity index (χ1v) is 8.14. The Labute approximate surface area is 146 Å². The number of nitrogens with one attached hydrogen (secondary N) is 1. The average molecular weight is 356 g/mol. The molecule has 0 aliphatic carbocycles. The summed E-state index contributed by atoms with van der Waals surface area (Å²) >= 11 is 1.30. The monoisotopic (exact) mass is 355 g/mol. The fourth-order valence-electron chi connectivity index (χ4n) is 2.18. The van der Waals surface area contributed by atoms with Crippen molar-refractivity contribution in [3.8, 4) is 10.8 Å². The maximum Gasteiger partial charge on any atom is 0.263 e. The summed E-state index contributed by atoms with van der Waals surface area (Å²) in [5.74, 6) is 0.400. The minimum absolute atomic E-state index is 0. The van der Waals surface area contributed by atoms with Crippen LogP contribution in [-0.4, -0.2) is 32.9 Å². The van der Waals surface area contributed by atoms with Crippen LogP contribution in [0, 0.1) is 6.92 Å². The van der Waals surface area contributed by atoms with Crippen LogP contribution < -0.4 is 11.1 Å². The van der Waals surface area contributed by atoms with Crippen molar-refractivity contribution in [2.45, 2.75) is 39.2 Å². The van der Waals surface area contributed by atoms with Gasteiger partial charge in [-0.2, -0.15) is 0 Å². The molecule has 3 N–H and O–H groups in total. The Balaban J connectivity index is 0.00000264. The molecule has 126 valence electrons. The number of halogens is 1. The van der Waals surface area contributed by atoms with E-state index in [-0.39, 0.29) is 23.9 Å². The Bertz CT molecular complexity index is 634. The van der Waals surface area contributed by atoms with E-state index < -0.39 is 0 Å². The largest absolute Gasteiger partial charge is 0.345 e. The second-order valence-corrected chi connectivity index (χ2v) is 6.15. The molecule has 2 rings (SSSR count). The number of hydrogen-bond acceptors (Lipinski definition) is 6. The van der Waals surface area contributed by atoms with Gasteiger partial charge in [0.1, 0.15) is 4.88 Å². The molecule has 0 spiro atoms. The van der Waals surface area contributed by atoms with Gasteiger partial charge in [0.05, 0.1) is 11.2 Å². The lowest BCUT2D eigenvalue weighted by atomic mass is 9.93. The molecule has 6 nitrogen and oxygen atoms in total. The lowest BCUT2D eigenvalue weighted by molar-refractivity contribution is 0.0898. The van der Waals surface area contributed by atoms with Crippen molar-refractivity contribution in [1.29, 1.82) is 0 Å². The first-order valence-electron chi connectivity index (χ1n) is 7.32. The molecule has 23 heavy (non-hydrogen) atoms. The van der Waals surface area contributed by atoms with Crippen molar-refractivity contribution in [3.05, 3.63) is 29.0 Å². The Kier molecular flexibility index (Phi) is 7.05. The van der Waals surface area contributed by atoms with Crippen LogP contribution >= 0.6 is 23.7 Å². The molecule has 0 fully saturated rings. The molecule has 8 heteroatoms. The minimum Gasteiger partial charge on any atom is -0.345 e. The molecular weight excluding hydrogens is 334 g/mol. The van der Waals surface area contributed by atoms with Crippen molar-refractivity contribution in [2.24, 2.45) is 5.73 Å². The zero-order valence-electron chi connectivity index (χ0n) is 13.5. The van der Waals surface area contributed by atoms with E-state index in [1.165, 1.54) is 11.3 Å². The standard InChI is InChI=1S/C15H21N5OS.ClH/c1-4-15(5-2,9-16)20-13(21)11-10(3)19-14(22-11)12-17-7-6-8-18-12;/h6-8H,4-5,9,16H2,1-3H3,(H,20,21);1H. The zero-order valence-corrected chi connectivity index (χ0v) is 15.1. The maximum atomic E-state index is 12.6. The molecule has 2 aromatic rings. The van der Waals surface area contributed by atoms with Crippen molar-refractivity contribution in [1.82, 2.24) is 20.3 Å². The van der Waals surface area contributed by atoms with Gasteiger partial charge in [0.15, 0.2) is 10.8 Å². The summed E-state index contributed by atoms with van der Waals surface area (Å²) in [5, 5.41) is 3.71. The van der Waals surface area contributed by atoms with Crippen LogP contribution in [0.5, 0.6) is 0 Å². The van der Waals surface area contributed by atoms with Crippen LogP contribution in [0.3, 0.4) is 0 Å². The SMILES string of the molecule is CCC(CC)(CN)NC(=O)c1sc(-c2ncccn2)nc1C.Cl.